The van der Waals surface area contributed by atoms with Crippen LogP contribution in [0.15, 0.2) is 91.6 Å². The van der Waals surface area contributed by atoms with E-state index in [0.29, 0.717) is 10.6 Å². The summed E-state index contributed by atoms with van der Waals surface area (Å²) >= 11 is 12.3. The van der Waals surface area contributed by atoms with Crippen molar-refractivity contribution in [2.24, 2.45) is 0 Å². The van der Waals surface area contributed by atoms with Gasteiger partial charge in [0.1, 0.15) is 30.8 Å². The number of fused-ring (bicyclic) bond motifs is 1. The second-order valence-corrected chi connectivity index (χ2v) is 12.4. The summed E-state index contributed by atoms with van der Waals surface area (Å²) in [5, 5.41) is 12.3. The topological polar surface area (TPSA) is 158 Å². The summed E-state index contributed by atoms with van der Waals surface area (Å²) in [5.41, 5.74) is 2.91. The molecule has 11 nitrogen and oxygen atoms in total. The smallest absolute Gasteiger partial charge is 0.329 e. The number of para-hydroxylation sites is 1. The molecule has 3 aromatic carbocycles. The van der Waals surface area contributed by atoms with Crippen LogP contribution in [0.5, 0.6) is 0 Å². The van der Waals surface area contributed by atoms with Crippen molar-refractivity contribution >= 4 is 63.7 Å². The van der Waals surface area contributed by atoms with Gasteiger partial charge in [0.05, 0.1) is 16.5 Å². The van der Waals surface area contributed by atoms with Gasteiger partial charge < -0.3 is 31.0 Å². The molecule has 1 saturated heterocycles. The van der Waals surface area contributed by atoms with Gasteiger partial charge in [0.25, 0.3) is 0 Å². The number of hydrogen-bond donors (Lipinski definition) is 5. The fraction of sp³-hybridized carbons (Fsp3) is 0.250. The van der Waals surface area contributed by atoms with Crippen molar-refractivity contribution < 1.29 is 28.7 Å². The third-order valence-corrected chi connectivity index (χ3v) is 8.80. The highest BCUT2D eigenvalue weighted by Crippen LogP contribution is 2.24. The number of halogens is 2. The predicted octanol–water partition coefficient (Wildman–Crippen LogP) is 3.57. The summed E-state index contributed by atoms with van der Waals surface area (Å²) in [5.74, 6) is -3.62. The Morgan fingerprint density at radius 2 is 1.39 bits per heavy atom. The highest BCUT2D eigenvalue weighted by molar-refractivity contribution is 6.42. The van der Waals surface area contributed by atoms with Gasteiger partial charge in [0.2, 0.25) is 23.6 Å². The number of carbonyl (C=O) groups is 5. The molecule has 0 saturated carbocycles. The standard InChI is InChI=1S/C36H35Cl2N5O6/c1-2-14-49-36(48)31-19-32(44)40-30(18-23-20-39-27-11-7-6-10-24(23)27)35(47)41-28(16-21-8-4-3-5-9-21)33(45)42-29(34(46)43-31)17-22-12-13-25(37)26(38)15-22/h2-13,15,20,28-31,39H,1,14,16-19H2,(H,40,44)(H,41,47)(H,42,45)(H,43,46)/t28-,29+,30-,31-/m0/s1. The zero-order chi connectivity index (χ0) is 34.9. The number of amides is 4. The van der Waals surface area contributed by atoms with E-state index in [1.165, 1.54) is 6.08 Å². The molecule has 4 aromatic rings. The highest BCUT2D eigenvalue weighted by Gasteiger charge is 2.35. The van der Waals surface area contributed by atoms with Crippen LogP contribution < -0.4 is 21.3 Å². The first-order chi connectivity index (χ1) is 23.6. The number of hydrogen-bond acceptors (Lipinski definition) is 6. The van der Waals surface area contributed by atoms with Gasteiger partial charge in [-0.2, -0.15) is 0 Å². The van der Waals surface area contributed by atoms with E-state index in [0.717, 1.165) is 22.0 Å². The van der Waals surface area contributed by atoms with Crippen LogP contribution in [0.1, 0.15) is 23.1 Å². The predicted molar refractivity (Wildman–Crippen MR) is 186 cm³/mol. The van der Waals surface area contributed by atoms with Crippen LogP contribution in [-0.4, -0.2) is 65.4 Å². The first-order valence-electron chi connectivity index (χ1n) is 15.6. The van der Waals surface area contributed by atoms with Crippen LogP contribution in [0.2, 0.25) is 10.0 Å². The molecule has 254 valence electrons. The number of aromatic amines is 1. The van der Waals surface area contributed by atoms with Gasteiger partial charge >= 0.3 is 5.97 Å². The van der Waals surface area contributed by atoms with E-state index < -0.39 is 60.2 Å². The number of benzene rings is 3. The number of esters is 1. The number of carbonyl (C=O) groups excluding carboxylic acids is 5. The molecule has 2 heterocycles. The number of nitrogens with one attached hydrogen (secondary N) is 5. The molecule has 5 rings (SSSR count). The SMILES string of the molecule is C=CCOC(=O)[C@@H]1CC(=O)N[C@@H](Cc2c[nH]c3ccccc23)C(=O)N[C@@H](Cc2ccccc2)C(=O)N[C@H](Cc2ccc(Cl)c(Cl)c2)C(=O)N1. The van der Waals surface area contributed by atoms with Crippen molar-refractivity contribution in [2.45, 2.75) is 49.9 Å². The molecule has 1 fully saturated rings. The summed E-state index contributed by atoms with van der Waals surface area (Å²) in [6.07, 6.45) is 2.66. The van der Waals surface area contributed by atoms with Crippen LogP contribution in [0, 0.1) is 0 Å². The molecule has 49 heavy (non-hydrogen) atoms. The van der Waals surface area contributed by atoms with Crippen molar-refractivity contribution in [1.29, 1.82) is 0 Å². The summed E-state index contributed by atoms with van der Waals surface area (Å²) in [7, 11) is 0. The second kappa shape index (κ2) is 16.3. The van der Waals surface area contributed by atoms with E-state index >= 15 is 0 Å². The van der Waals surface area contributed by atoms with E-state index in [4.69, 9.17) is 27.9 Å². The Hall–Kier alpha value is -5.13. The van der Waals surface area contributed by atoms with Crippen LogP contribution in [-0.2, 0) is 48.0 Å². The van der Waals surface area contributed by atoms with Crippen molar-refractivity contribution in [3.63, 3.8) is 0 Å². The van der Waals surface area contributed by atoms with Gasteiger partial charge in [-0.3, -0.25) is 19.2 Å². The number of ether oxygens (including phenoxy) is 1. The molecule has 5 N–H and O–H groups in total. The van der Waals surface area contributed by atoms with Crippen molar-refractivity contribution in [2.75, 3.05) is 6.61 Å². The zero-order valence-corrected chi connectivity index (χ0v) is 27.9. The monoisotopic (exact) mass is 703 g/mol. The van der Waals surface area contributed by atoms with Gasteiger partial charge in [-0.25, -0.2) is 4.79 Å². The van der Waals surface area contributed by atoms with E-state index in [1.54, 1.807) is 36.5 Å². The lowest BCUT2D eigenvalue weighted by atomic mass is 10.0. The highest BCUT2D eigenvalue weighted by atomic mass is 35.5. The summed E-state index contributed by atoms with van der Waals surface area (Å²) in [4.78, 5) is 71.6. The maximum absolute atomic E-state index is 14.0. The molecular formula is C36H35Cl2N5O6. The third-order valence-electron chi connectivity index (χ3n) is 8.06. The molecule has 1 aromatic heterocycles. The molecule has 0 unspecified atom stereocenters. The number of H-pyrrole nitrogens is 1. The van der Waals surface area contributed by atoms with Crippen molar-refractivity contribution in [1.82, 2.24) is 26.3 Å². The Kier molecular flexibility index (Phi) is 11.7. The van der Waals surface area contributed by atoms with Gasteiger partial charge in [0, 0.05) is 36.4 Å². The Balaban J connectivity index is 1.52. The molecule has 0 bridgehead atoms. The van der Waals surface area contributed by atoms with E-state index in [-0.39, 0.29) is 30.9 Å². The third kappa shape index (κ3) is 9.27. The Bertz CT molecular complexity index is 1860. The van der Waals surface area contributed by atoms with Gasteiger partial charge in [-0.1, -0.05) is 90.5 Å². The normalized spacial score (nSPS) is 20.4. The molecule has 13 heteroatoms. The quantitative estimate of drug-likeness (QED) is 0.132. The lowest BCUT2D eigenvalue weighted by molar-refractivity contribution is -0.148. The fourth-order valence-corrected chi connectivity index (χ4v) is 5.91. The van der Waals surface area contributed by atoms with Crippen LogP contribution >= 0.6 is 23.2 Å². The Morgan fingerprint density at radius 1 is 0.755 bits per heavy atom. The average Bonchev–Trinajstić information content (AvgIpc) is 3.50. The summed E-state index contributed by atoms with van der Waals surface area (Å²) in [6, 6.07) is 16.4. The Morgan fingerprint density at radius 3 is 2.08 bits per heavy atom. The van der Waals surface area contributed by atoms with Crippen LogP contribution in [0.25, 0.3) is 10.9 Å². The minimum Gasteiger partial charge on any atom is -0.460 e. The van der Waals surface area contributed by atoms with Crippen molar-refractivity contribution in [3.05, 3.63) is 118 Å². The molecule has 0 spiro atoms. The molecular weight excluding hydrogens is 669 g/mol. The van der Waals surface area contributed by atoms with Gasteiger partial charge in [0.15, 0.2) is 0 Å². The minimum atomic E-state index is -1.45. The molecule has 0 radical (unpaired) electrons. The maximum atomic E-state index is 14.0. The zero-order valence-electron chi connectivity index (χ0n) is 26.3. The van der Waals surface area contributed by atoms with E-state index in [1.807, 2.05) is 42.5 Å². The summed E-state index contributed by atoms with van der Waals surface area (Å²) in [6.45, 7) is 3.37. The Labute approximate surface area is 292 Å². The molecule has 4 atom stereocenters. The fourth-order valence-electron chi connectivity index (χ4n) is 5.59. The first kappa shape index (κ1) is 35.2. The van der Waals surface area contributed by atoms with E-state index in [2.05, 4.69) is 32.8 Å². The molecule has 1 aliphatic rings. The lowest BCUT2D eigenvalue weighted by Gasteiger charge is -2.25. The number of aromatic nitrogens is 1. The summed E-state index contributed by atoms with van der Waals surface area (Å²) < 4.78 is 5.19. The molecule has 0 aliphatic carbocycles. The molecule has 4 amide bonds. The number of rotatable bonds is 9. The van der Waals surface area contributed by atoms with Crippen molar-refractivity contribution in [3.8, 4) is 0 Å². The van der Waals surface area contributed by atoms with Crippen LogP contribution in [0.3, 0.4) is 0 Å². The first-order valence-corrected chi connectivity index (χ1v) is 16.4. The lowest BCUT2D eigenvalue weighted by Crippen LogP contribution is -2.57. The van der Waals surface area contributed by atoms with E-state index in [9.17, 15) is 24.0 Å². The largest absolute Gasteiger partial charge is 0.460 e. The van der Waals surface area contributed by atoms with Crippen LogP contribution in [0.4, 0.5) is 0 Å². The minimum absolute atomic E-state index is 0.0513. The van der Waals surface area contributed by atoms with Gasteiger partial charge in [-0.15, -0.1) is 0 Å². The maximum Gasteiger partial charge on any atom is 0.329 e. The second-order valence-electron chi connectivity index (χ2n) is 11.6. The molecule has 1 aliphatic heterocycles. The van der Waals surface area contributed by atoms with Gasteiger partial charge in [-0.05, 0) is 34.9 Å². The average molecular weight is 705 g/mol.